The Morgan fingerprint density at radius 3 is 2.48 bits per heavy atom. The molecule has 0 atom stereocenters. The maximum atomic E-state index is 14.2. The monoisotopic (exact) mass is 396 g/mol. The first-order chi connectivity index (χ1) is 12.6. The van der Waals surface area contributed by atoms with E-state index < -0.39 is 5.82 Å². The number of amides is 1. The van der Waals surface area contributed by atoms with Gasteiger partial charge in [0.15, 0.2) is 23.1 Å². The summed E-state index contributed by atoms with van der Waals surface area (Å²) in [6, 6.07) is 9.38. The molecule has 0 spiro atoms. The van der Waals surface area contributed by atoms with E-state index >= 15 is 0 Å². The van der Waals surface area contributed by atoms with Gasteiger partial charge < -0.3 is 24.8 Å². The lowest BCUT2D eigenvalue weighted by molar-refractivity contribution is 0.0302. The number of benzene rings is 2. The highest BCUT2D eigenvalue weighted by molar-refractivity contribution is 5.95. The number of methoxy groups -OCH3 is 1. The molecule has 2 N–H and O–H groups in total. The van der Waals surface area contributed by atoms with Crippen molar-refractivity contribution in [3.63, 3.8) is 0 Å². The van der Waals surface area contributed by atoms with Crippen LogP contribution in [0.1, 0.15) is 15.9 Å². The molecule has 2 aromatic rings. The molecule has 0 radical (unpaired) electrons. The zero-order chi connectivity index (χ0) is 18.5. The first-order valence-corrected chi connectivity index (χ1v) is 8.34. The normalized spacial score (nSPS) is 13.7. The summed E-state index contributed by atoms with van der Waals surface area (Å²) in [5, 5.41) is 0. The molecule has 1 amide bonds. The van der Waals surface area contributed by atoms with Crippen LogP contribution in [-0.4, -0.2) is 44.2 Å². The fraction of sp³-hybridized carbons (Fsp3) is 0.316. The Kier molecular flexibility index (Phi) is 7.41. The Labute approximate surface area is 163 Å². The highest BCUT2D eigenvalue weighted by atomic mass is 35.5. The molecule has 1 fully saturated rings. The molecule has 0 saturated carbocycles. The molecule has 0 unspecified atom stereocenters. The van der Waals surface area contributed by atoms with Gasteiger partial charge in [0.2, 0.25) is 0 Å². The van der Waals surface area contributed by atoms with Crippen molar-refractivity contribution in [2.75, 3.05) is 33.4 Å². The maximum absolute atomic E-state index is 14.2. The molecule has 27 heavy (non-hydrogen) atoms. The van der Waals surface area contributed by atoms with Crippen molar-refractivity contribution in [2.45, 2.75) is 6.54 Å². The van der Waals surface area contributed by atoms with E-state index in [0.29, 0.717) is 43.2 Å². The Bertz CT molecular complexity index is 797. The molecule has 8 heteroatoms. The zero-order valence-electron chi connectivity index (χ0n) is 14.9. The fourth-order valence-corrected chi connectivity index (χ4v) is 2.71. The molecule has 146 valence electrons. The first-order valence-electron chi connectivity index (χ1n) is 8.34. The molecule has 0 aromatic heterocycles. The minimum atomic E-state index is -0.528. The van der Waals surface area contributed by atoms with Gasteiger partial charge in [-0.2, -0.15) is 0 Å². The second kappa shape index (κ2) is 9.55. The van der Waals surface area contributed by atoms with Gasteiger partial charge in [-0.1, -0.05) is 6.07 Å². The van der Waals surface area contributed by atoms with Crippen molar-refractivity contribution in [1.82, 2.24) is 4.90 Å². The molecule has 0 aliphatic carbocycles. The standard InChI is InChI=1S/C19H21FN2O4.ClH/c1-24-17-5-3-14(19(23)22-6-8-25-9-7-22)11-18(17)26-16-4-2-13(12-21)10-15(16)20;/h2-5,10-11H,6-9,12,21H2,1H3;1H. The molecule has 0 bridgehead atoms. The van der Waals surface area contributed by atoms with Crippen LogP contribution in [0.5, 0.6) is 17.2 Å². The van der Waals surface area contributed by atoms with Gasteiger partial charge in [-0.15, -0.1) is 12.4 Å². The van der Waals surface area contributed by atoms with Crippen LogP contribution in [0.2, 0.25) is 0 Å². The van der Waals surface area contributed by atoms with Gasteiger partial charge in [-0.3, -0.25) is 4.79 Å². The number of morpholine rings is 1. The number of carbonyl (C=O) groups excluding carboxylic acids is 1. The van der Waals surface area contributed by atoms with Crippen LogP contribution in [0.4, 0.5) is 4.39 Å². The van der Waals surface area contributed by atoms with Gasteiger partial charge in [0.25, 0.3) is 5.91 Å². The largest absolute Gasteiger partial charge is 0.493 e. The molecular weight excluding hydrogens is 375 g/mol. The average molecular weight is 397 g/mol. The Balaban J connectivity index is 0.00000261. The number of nitrogens with two attached hydrogens (primary N) is 1. The number of hydrogen-bond donors (Lipinski definition) is 1. The quantitative estimate of drug-likeness (QED) is 0.841. The van der Waals surface area contributed by atoms with E-state index in [0.717, 1.165) is 0 Å². The number of halogens is 2. The number of nitrogens with zero attached hydrogens (tertiary/aromatic N) is 1. The van der Waals surface area contributed by atoms with E-state index in [-0.39, 0.29) is 36.4 Å². The predicted octanol–water partition coefficient (Wildman–Crippen LogP) is 2.98. The van der Waals surface area contributed by atoms with Gasteiger partial charge in [-0.05, 0) is 35.9 Å². The van der Waals surface area contributed by atoms with Gasteiger partial charge in [0.1, 0.15) is 0 Å². The maximum Gasteiger partial charge on any atom is 0.254 e. The van der Waals surface area contributed by atoms with Crippen LogP contribution < -0.4 is 15.2 Å². The van der Waals surface area contributed by atoms with Crippen molar-refractivity contribution in [3.05, 3.63) is 53.3 Å². The van der Waals surface area contributed by atoms with E-state index in [2.05, 4.69) is 0 Å². The van der Waals surface area contributed by atoms with Crippen molar-refractivity contribution in [1.29, 1.82) is 0 Å². The summed E-state index contributed by atoms with van der Waals surface area (Å²) in [5.74, 6) is 0.0629. The topological polar surface area (TPSA) is 74.0 Å². The first kappa shape index (κ1) is 21.0. The molecule has 3 rings (SSSR count). The van der Waals surface area contributed by atoms with E-state index in [1.165, 1.54) is 19.2 Å². The summed E-state index contributed by atoms with van der Waals surface area (Å²) in [7, 11) is 1.49. The highest BCUT2D eigenvalue weighted by Gasteiger charge is 2.20. The Hall–Kier alpha value is -2.35. The minimum Gasteiger partial charge on any atom is -0.493 e. The lowest BCUT2D eigenvalue weighted by Gasteiger charge is -2.27. The smallest absolute Gasteiger partial charge is 0.254 e. The van der Waals surface area contributed by atoms with Gasteiger partial charge in [0, 0.05) is 25.2 Å². The molecule has 6 nitrogen and oxygen atoms in total. The van der Waals surface area contributed by atoms with Crippen LogP contribution >= 0.6 is 12.4 Å². The van der Waals surface area contributed by atoms with Crippen molar-refractivity contribution in [2.24, 2.45) is 5.73 Å². The van der Waals surface area contributed by atoms with Crippen molar-refractivity contribution >= 4 is 18.3 Å². The Morgan fingerprint density at radius 2 is 1.85 bits per heavy atom. The van der Waals surface area contributed by atoms with Crippen LogP contribution in [0.25, 0.3) is 0 Å². The summed E-state index contributed by atoms with van der Waals surface area (Å²) in [6.45, 7) is 2.35. The molecular formula is C19H22ClFN2O4. The van der Waals surface area contributed by atoms with E-state index in [1.807, 2.05) is 0 Å². The second-order valence-electron chi connectivity index (χ2n) is 5.84. The predicted molar refractivity (Wildman–Crippen MR) is 101 cm³/mol. The van der Waals surface area contributed by atoms with Gasteiger partial charge >= 0.3 is 0 Å². The third kappa shape index (κ3) is 4.88. The third-order valence-electron chi connectivity index (χ3n) is 4.16. The second-order valence-corrected chi connectivity index (χ2v) is 5.84. The summed E-state index contributed by atoms with van der Waals surface area (Å²) in [6.07, 6.45) is 0. The SMILES string of the molecule is COc1ccc(C(=O)N2CCOCC2)cc1Oc1ccc(CN)cc1F.Cl. The minimum absolute atomic E-state index is 0. The molecule has 2 aromatic carbocycles. The van der Waals surface area contributed by atoms with Crippen LogP contribution in [0.3, 0.4) is 0 Å². The van der Waals surface area contributed by atoms with Crippen molar-refractivity contribution < 1.29 is 23.4 Å². The van der Waals surface area contributed by atoms with Gasteiger partial charge in [-0.25, -0.2) is 4.39 Å². The average Bonchev–Trinajstić information content (AvgIpc) is 2.69. The number of rotatable bonds is 5. The molecule has 1 heterocycles. The van der Waals surface area contributed by atoms with E-state index in [4.69, 9.17) is 19.9 Å². The lowest BCUT2D eigenvalue weighted by atomic mass is 10.1. The summed E-state index contributed by atoms with van der Waals surface area (Å²) in [5.41, 5.74) is 6.62. The highest BCUT2D eigenvalue weighted by Crippen LogP contribution is 2.34. The van der Waals surface area contributed by atoms with Crippen LogP contribution in [0.15, 0.2) is 36.4 Å². The summed E-state index contributed by atoms with van der Waals surface area (Å²) in [4.78, 5) is 14.4. The third-order valence-corrected chi connectivity index (χ3v) is 4.16. The van der Waals surface area contributed by atoms with E-state index in [9.17, 15) is 9.18 Å². The molecule has 1 aliphatic heterocycles. The zero-order valence-corrected chi connectivity index (χ0v) is 15.8. The van der Waals surface area contributed by atoms with Gasteiger partial charge in [0.05, 0.1) is 20.3 Å². The summed E-state index contributed by atoms with van der Waals surface area (Å²) >= 11 is 0. The van der Waals surface area contributed by atoms with Crippen LogP contribution in [0, 0.1) is 5.82 Å². The van der Waals surface area contributed by atoms with Crippen LogP contribution in [-0.2, 0) is 11.3 Å². The Morgan fingerprint density at radius 1 is 1.15 bits per heavy atom. The molecule has 1 aliphatic rings. The summed E-state index contributed by atoms with van der Waals surface area (Å²) < 4.78 is 30.4. The number of hydrogen-bond acceptors (Lipinski definition) is 5. The van der Waals surface area contributed by atoms with Crippen molar-refractivity contribution in [3.8, 4) is 17.2 Å². The number of ether oxygens (including phenoxy) is 3. The van der Waals surface area contributed by atoms with E-state index in [1.54, 1.807) is 29.2 Å². The fourth-order valence-electron chi connectivity index (χ4n) is 2.71. The molecule has 1 saturated heterocycles. The number of carbonyl (C=O) groups is 1. The lowest BCUT2D eigenvalue weighted by Crippen LogP contribution is -2.40.